The Bertz CT molecular complexity index is 986. The van der Waals surface area contributed by atoms with E-state index < -0.39 is 40.6 Å². The third kappa shape index (κ3) is 6.55. The molecule has 12 heteroatoms. The number of hydrogen-bond acceptors (Lipinski definition) is 8. The van der Waals surface area contributed by atoms with Gasteiger partial charge in [-0.15, -0.1) is 0 Å². The quantitative estimate of drug-likeness (QED) is 0.600. The van der Waals surface area contributed by atoms with Crippen LogP contribution in [0, 0.1) is 5.82 Å². The van der Waals surface area contributed by atoms with Crippen molar-refractivity contribution in [1.29, 1.82) is 0 Å². The van der Waals surface area contributed by atoms with E-state index >= 15 is 0 Å². The van der Waals surface area contributed by atoms with Crippen LogP contribution in [0.1, 0.15) is 45.1 Å². The first-order valence-corrected chi connectivity index (χ1v) is 11.9. The van der Waals surface area contributed by atoms with E-state index in [9.17, 15) is 22.4 Å². The van der Waals surface area contributed by atoms with Crippen molar-refractivity contribution in [2.24, 2.45) is 0 Å². The smallest absolute Gasteiger partial charge is 0.414 e. The monoisotopic (exact) mass is 488 g/mol. The number of amides is 2. The first kappa shape index (κ1) is 25.2. The summed E-state index contributed by atoms with van der Waals surface area (Å²) in [5, 5.41) is 0. The molecular weight excluding hydrogens is 459 g/mol. The lowest BCUT2D eigenvalue weighted by molar-refractivity contribution is 0.0204. The predicted octanol–water partition coefficient (Wildman–Crippen LogP) is 3.17. The van der Waals surface area contributed by atoms with Crippen LogP contribution in [0.25, 0.3) is 0 Å². The average molecular weight is 489 g/mol. The molecule has 0 saturated carbocycles. The molecule has 0 aromatic heterocycles. The van der Waals surface area contributed by atoms with Gasteiger partial charge in [-0.3, -0.25) is 9.08 Å². The third-order valence-electron chi connectivity index (χ3n) is 5.36. The fourth-order valence-corrected chi connectivity index (χ4v) is 4.16. The number of hydrogen-bond donors (Lipinski definition) is 0. The number of benzene rings is 1. The lowest BCUT2D eigenvalue weighted by Crippen LogP contribution is -2.41. The molecule has 2 aliphatic rings. The van der Waals surface area contributed by atoms with Crippen molar-refractivity contribution in [3.05, 3.63) is 29.6 Å². The van der Waals surface area contributed by atoms with Gasteiger partial charge in [-0.25, -0.2) is 18.2 Å². The van der Waals surface area contributed by atoms with E-state index in [1.807, 2.05) is 20.8 Å². The SMILES string of the molecule is COS(=O)(=O)OC[C@H]1CN(c2ccc(C3CCN(C(=O)OC(C)(C)C)CC3)c(F)c2)C(=O)O1. The summed E-state index contributed by atoms with van der Waals surface area (Å²) in [7, 11) is -3.20. The normalized spacial score (nSPS) is 20.2. The second-order valence-electron chi connectivity index (χ2n) is 8.92. The van der Waals surface area contributed by atoms with E-state index in [-0.39, 0.29) is 18.6 Å². The summed E-state index contributed by atoms with van der Waals surface area (Å²) in [6.45, 7) is 5.95. The summed E-state index contributed by atoms with van der Waals surface area (Å²) in [5.41, 5.74) is 0.237. The van der Waals surface area contributed by atoms with Crippen molar-refractivity contribution >= 4 is 28.3 Å². The number of ether oxygens (including phenoxy) is 2. The maximum Gasteiger partial charge on any atom is 0.414 e. The maximum absolute atomic E-state index is 14.9. The Kier molecular flexibility index (Phi) is 7.49. The van der Waals surface area contributed by atoms with Crippen molar-refractivity contribution in [3.63, 3.8) is 0 Å². The van der Waals surface area contributed by atoms with Crippen LogP contribution in [0.4, 0.5) is 19.7 Å². The molecule has 0 spiro atoms. The number of carbonyl (C=O) groups is 2. The number of piperidine rings is 1. The topological polar surface area (TPSA) is 112 Å². The first-order chi connectivity index (χ1) is 15.4. The Labute approximate surface area is 192 Å². The highest BCUT2D eigenvalue weighted by molar-refractivity contribution is 7.81. The van der Waals surface area contributed by atoms with Crippen molar-refractivity contribution < 1.29 is 40.2 Å². The van der Waals surface area contributed by atoms with Crippen molar-refractivity contribution in [3.8, 4) is 0 Å². The Morgan fingerprint density at radius 3 is 2.48 bits per heavy atom. The van der Waals surface area contributed by atoms with Gasteiger partial charge in [0.2, 0.25) is 0 Å². The lowest BCUT2D eigenvalue weighted by Gasteiger charge is -2.33. The lowest BCUT2D eigenvalue weighted by atomic mass is 9.89. The van der Waals surface area contributed by atoms with Crippen LogP contribution in [-0.4, -0.2) is 70.6 Å². The van der Waals surface area contributed by atoms with Gasteiger partial charge in [0.25, 0.3) is 0 Å². The summed E-state index contributed by atoms with van der Waals surface area (Å²) in [6.07, 6.45) is -0.761. The van der Waals surface area contributed by atoms with Gasteiger partial charge < -0.3 is 14.4 Å². The van der Waals surface area contributed by atoms with E-state index in [2.05, 4.69) is 8.37 Å². The van der Waals surface area contributed by atoms with Gasteiger partial charge in [-0.1, -0.05) is 6.07 Å². The molecule has 33 heavy (non-hydrogen) atoms. The Morgan fingerprint density at radius 2 is 1.91 bits per heavy atom. The molecule has 0 N–H and O–H groups in total. The molecule has 2 fully saturated rings. The molecule has 0 radical (unpaired) electrons. The average Bonchev–Trinajstić information content (AvgIpc) is 3.12. The fourth-order valence-electron chi connectivity index (χ4n) is 3.74. The predicted molar refractivity (Wildman–Crippen MR) is 116 cm³/mol. The summed E-state index contributed by atoms with van der Waals surface area (Å²) < 4.78 is 56.7. The summed E-state index contributed by atoms with van der Waals surface area (Å²) in [6, 6.07) is 4.51. The molecule has 0 unspecified atom stereocenters. The minimum absolute atomic E-state index is 0.00509. The van der Waals surface area contributed by atoms with Gasteiger partial charge >= 0.3 is 22.6 Å². The van der Waals surface area contributed by atoms with E-state index in [0.717, 1.165) is 7.11 Å². The molecule has 1 aromatic rings. The first-order valence-electron chi connectivity index (χ1n) is 10.6. The van der Waals surface area contributed by atoms with Crippen molar-refractivity contribution in [2.75, 3.05) is 38.3 Å². The molecule has 0 aliphatic carbocycles. The van der Waals surface area contributed by atoms with Crippen LogP contribution in [0.15, 0.2) is 18.2 Å². The molecule has 2 aliphatic heterocycles. The van der Waals surface area contributed by atoms with Crippen molar-refractivity contribution in [2.45, 2.75) is 51.2 Å². The molecule has 2 saturated heterocycles. The number of rotatable bonds is 6. The zero-order chi connectivity index (χ0) is 24.4. The van der Waals surface area contributed by atoms with Gasteiger partial charge in [-0.2, -0.15) is 8.42 Å². The Morgan fingerprint density at radius 1 is 1.24 bits per heavy atom. The van der Waals surface area contributed by atoms with Gasteiger partial charge in [0.1, 0.15) is 24.1 Å². The second-order valence-corrected chi connectivity index (χ2v) is 10.3. The highest BCUT2D eigenvalue weighted by Gasteiger charge is 2.35. The molecule has 184 valence electrons. The molecule has 0 bridgehead atoms. The molecule has 2 amide bonds. The number of likely N-dealkylation sites (tertiary alicyclic amines) is 1. The van der Waals surface area contributed by atoms with Gasteiger partial charge in [0.05, 0.1) is 19.3 Å². The molecule has 1 atom stereocenters. The Hall–Kier alpha value is -2.44. The number of carbonyl (C=O) groups excluding carboxylic acids is 2. The molecule has 3 rings (SSSR count). The van der Waals surface area contributed by atoms with Gasteiger partial charge in [0, 0.05) is 13.1 Å². The summed E-state index contributed by atoms with van der Waals surface area (Å²) >= 11 is 0. The Balaban J connectivity index is 1.59. The highest BCUT2D eigenvalue weighted by Crippen LogP contribution is 2.33. The van der Waals surface area contributed by atoms with E-state index in [1.54, 1.807) is 17.0 Å². The van der Waals surface area contributed by atoms with E-state index in [4.69, 9.17) is 9.47 Å². The van der Waals surface area contributed by atoms with E-state index in [1.165, 1.54) is 11.0 Å². The zero-order valence-electron chi connectivity index (χ0n) is 19.1. The largest absolute Gasteiger partial charge is 0.444 e. The minimum Gasteiger partial charge on any atom is -0.444 e. The minimum atomic E-state index is -4.15. The van der Waals surface area contributed by atoms with Crippen molar-refractivity contribution in [1.82, 2.24) is 4.90 Å². The van der Waals surface area contributed by atoms with Crippen LogP contribution in [0.5, 0.6) is 0 Å². The van der Waals surface area contributed by atoms with Crippen LogP contribution in [-0.2, 0) is 28.2 Å². The van der Waals surface area contributed by atoms with Gasteiger partial charge in [-0.05, 0) is 57.2 Å². The van der Waals surface area contributed by atoms with Crippen LogP contribution in [0.3, 0.4) is 0 Å². The van der Waals surface area contributed by atoms with Crippen LogP contribution in [0.2, 0.25) is 0 Å². The second kappa shape index (κ2) is 9.82. The number of anilines is 1. The fraction of sp³-hybridized carbons (Fsp3) is 0.619. The summed E-state index contributed by atoms with van der Waals surface area (Å²) in [5.74, 6) is -0.527. The number of halogens is 1. The highest BCUT2D eigenvalue weighted by atomic mass is 32.3. The van der Waals surface area contributed by atoms with Crippen LogP contribution < -0.4 is 4.90 Å². The maximum atomic E-state index is 14.9. The summed E-state index contributed by atoms with van der Waals surface area (Å²) in [4.78, 5) is 27.2. The molecular formula is C21H29FN2O8S. The van der Waals surface area contributed by atoms with Gasteiger partial charge in [0.15, 0.2) is 0 Å². The molecule has 2 heterocycles. The third-order valence-corrected chi connectivity index (χ3v) is 6.19. The molecule has 1 aromatic carbocycles. The zero-order valence-corrected chi connectivity index (χ0v) is 19.9. The van der Waals surface area contributed by atoms with E-state index in [0.29, 0.717) is 37.2 Å². The number of cyclic esters (lactones) is 1. The van der Waals surface area contributed by atoms with Crippen LogP contribution >= 0.6 is 0 Å². The molecule has 10 nitrogen and oxygen atoms in total. The standard InChI is InChI=1S/C21H29FN2O8S/c1-21(2,3)32-19(25)23-9-7-14(8-10-23)17-6-5-15(11-18(17)22)24-12-16(31-20(24)26)13-30-33(27,28)29-4/h5-6,11,14,16H,7-10,12-13H2,1-4H3/t16-/m1/s1. The number of nitrogens with zero attached hydrogens (tertiary/aromatic N) is 2.